The molecule has 0 saturated carbocycles. The molecule has 0 saturated heterocycles. The average molecular weight is 307 g/mol. The molecule has 3 nitrogen and oxygen atoms in total. The summed E-state index contributed by atoms with van der Waals surface area (Å²) in [6.07, 6.45) is 4.86. The van der Waals surface area contributed by atoms with E-state index in [1.807, 2.05) is 0 Å². The van der Waals surface area contributed by atoms with Crippen LogP contribution in [0.15, 0.2) is 24.3 Å². The van der Waals surface area contributed by atoms with Gasteiger partial charge < -0.3 is 5.32 Å². The van der Waals surface area contributed by atoms with Gasteiger partial charge in [0.25, 0.3) is 0 Å². The van der Waals surface area contributed by atoms with Crippen molar-refractivity contribution in [1.29, 1.82) is 0 Å². The van der Waals surface area contributed by atoms with Crippen molar-refractivity contribution in [3.8, 4) is 0 Å². The zero-order valence-corrected chi connectivity index (χ0v) is 13.5. The predicted octanol–water partition coefficient (Wildman–Crippen LogP) is 4.12. The van der Waals surface area contributed by atoms with Crippen LogP contribution in [0.25, 0.3) is 0 Å². The van der Waals surface area contributed by atoms with Crippen molar-refractivity contribution < 1.29 is 14.0 Å². The van der Waals surface area contributed by atoms with Crippen molar-refractivity contribution in [3.05, 3.63) is 35.6 Å². The monoisotopic (exact) mass is 307 g/mol. The van der Waals surface area contributed by atoms with Gasteiger partial charge in [-0.1, -0.05) is 33.1 Å². The van der Waals surface area contributed by atoms with Crippen LogP contribution in [0.3, 0.4) is 0 Å². The van der Waals surface area contributed by atoms with Crippen LogP contribution >= 0.6 is 0 Å². The number of halogens is 1. The summed E-state index contributed by atoms with van der Waals surface area (Å²) < 4.78 is 12.8. The number of nitrogens with one attached hydrogen (secondary N) is 1. The Morgan fingerprint density at radius 2 is 1.82 bits per heavy atom. The highest BCUT2D eigenvalue weighted by molar-refractivity contribution is 5.97. The minimum absolute atomic E-state index is 0.0922. The first-order valence-electron chi connectivity index (χ1n) is 8.12. The molecule has 1 amide bonds. The Kier molecular flexibility index (Phi) is 8.41. The minimum Gasteiger partial charge on any atom is -0.356 e. The highest BCUT2D eigenvalue weighted by Crippen LogP contribution is 2.11. The second-order valence-electron chi connectivity index (χ2n) is 5.65. The zero-order valence-electron chi connectivity index (χ0n) is 13.5. The number of hydrogen-bond donors (Lipinski definition) is 1. The quantitative estimate of drug-likeness (QED) is 0.661. The second kappa shape index (κ2) is 10.1. The van der Waals surface area contributed by atoms with Crippen LogP contribution in [0, 0.1) is 11.7 Å². The first-order chi connectivity index (χ1) is 10.6. The standard InChI is InChI=1S/C18H26FNO2/c1-3-5-6-14(4-2)13-20-18(22)12-11-17(21)15-7-9-16(19)10-8-15/h7-10,14H,3-6,11-13H2,1-2H3,(H,20,22). The van der Waals surface area contributed by atoms with Crippen LogP contribution in [0.4, 0.5) is 4.39 Å². The molecule has 1 unspecified atom stereocenters. The summed E-state index contributed by atoms with van der Waals surface area (Å²) in [5, 5.41) is 2.91. The van der Waals surface area contributed by atoms with Crippen molar-refractivity contribution >= 4 is 11.7 Å². The Bertz CT molecular complexity index is 470. The summed E-state index contributed by atoms with van der Waals surface area (Å²) in [7, 11) is 0. The van der Waals surface area contributed by atoms with Gasteiger partial charge in [0.2, 0.25) is 5.91 Å². The molecule has 1 atom stereocenters. The smallest absolute Gasteiger partial charge is 0.220 e. The normalized spacial score (nSPS) is 12.0. The number of rotatable bonds is 10. The number of Topliss-reactive ketones (excluding diaryl/α,β-unsaturated/α-hetero) is 1. The lowest BCUT2D eigenvalue weighted by Crippen LogP contribution is -2.29. The molecular formula is C18H26FNO2. The van der Waals surface area contributed by atoms with Gasteiger partial charge in [-0.2, -0.15) is 0 Å². The number of benzene rings is 1. The minimum atomic E-state index is -0.369. The first-order valence-corrected chi connectivity index (χ1v) is 8.12. The summed E-state index contributed by atoms with van der Waals surface area (Å²) in [5.41, 5.74) is 0.448. The molecule has 0 aliphatic carbocycles. The van der Waals surface area contributed by atoms with E-state index in [-0.39, 0.29) is 30.3 Å². The average Bonchev–Trinajstić information content (AvgIpc) is 2.53. The van der Waals surface area contributed by atoms with E-state index in [4.69, 9.17) is 0 Å². The Morgan fingerprint density at radius 3 is 2.41 bits per heavy atom. The molecule has 0 fully saturated rings. The van der Waals surface area contributed by atoms with E-state index >= 15 is 0 Å². The van der Waals surface area contributed by atoms with Crippen LogP contribution in [-0.4, -0.2) is 18.2 Å². The fraction of sp³-hybridized carbons (Fsp3) is 0.556. The SMILES string of the molecule is CCCCC(CC)CNC(=O)CCC(=O)c1ccc(F)cc1. The van der Waals surface area contributed by atoms with E-state index in [2.05, 4.69) is 19.2 Å². The number of ketones is 1. The molecule has 0 aliphatic heterocycles. The maximum absolute atomic E-state index is 12.8. The van der Waals surface area contributed by atoms with Crippen molar-refractivity contribution in [2.24, 2.45) is 5.92 Å². The molecule has 0 spiro atoms. The zero-order chi connectivity index (χ0) is 16.4. The molecule has 1 rings (SSSR count). The molecule has 0 aromatic heterocycles. The molecule has 1 aromatic rings. The van der Waals surface area contributed by atoms with E-state index in [1.165, 1.54) is 30.7 Å². The first kappa shape index (κ1) is 18.3. The topological polar surface area (TPSA) is 46.2 Å². The molecular weight excluding hydrogens is 281 g/mol. The van der Waals surface area contributed by atoms with Gasteiger partial charge in [-0.3, -0.25) is 9.59 Å². The van der Waals surface area contributed by atoms with Gasteiger partial charge in [-0.15, -0.1) is 0 Å². The molecule has 4 heteroatoms. The Hall–Kier alpha value is -1.71. The fourth-order valence-electron chi connectivity index (χ4n) is 2.30. The number of carbonyl (C=O) groups excluding carboxylic acids is 2. The summed E-state index contributed by atoms with van der Waals surface area (Å²) >= 11 is 0. The summed E-state index contributed by atoms with van der Waals surface area (Å²) in [6.45, 7) is 4.97. The van der Waals surface area contributed by atoms with Crippen molar-refractivity contribution in [2.75, 3.05) is 6.54 Å². The maximum atomic E-state index is 12.8. The van der Waals surface area contributed by atoms with E-state index in [1.54, 1.807) is 0 Å². The highest BCUT2D eigenvalue weighted by Gasteiger charge is 2.11. The van der Waals surface area contributed by atoms with Gasteiger partial charge in [0.05, 0.1) is 0 Å². The van der Waals surface area contributed by atoms with Gasteiger partial charge in [-0.05, 0) is 36.6 Å². The Balaban J connectivity index is 2.30. The third kappa shape index (κ3) is 6.83. The molecule has 0 heterocycles. The molecule has 0 radical (unpaired) electrons. The largest absolute Gasteiger partial charge is 0.356 e. The number of amides is 1. The lowest BCUT2D eigenvalue weighted by atomic mass is 9.99. The van der Waals surface area contributed by atoms with E-state index < -0.39 is 0 Å². The Morgan fingerprint density at radius 1 is 1.14 bits per heavy atom. The number of carbonyl (C=O) groups is 2. The third-order valence-corrected chi connectivity index (χ3v) is 3.88. The molecule has 122 valence electrons. The van der Waals surface area contributed by atoms with Crippen molar-refractivity contribution in [3.63, 3.8) is 0 Å². The van der Waals surface area contributed by atoms with Gasteiger partial charge >= 0.3 is 0 Å². The van der Waals surface area contributed by atoms with Gasteiger partial charge in [0, 0.05) is 24.9 Å². The van der Waals surface area contributed by atoms with Crippen LogP contribution in [-0.2, 0) is 4.79 Å². The van der Waals surface area contributed by atoms with E-state index in [0.29, 0.717) is 18.0 Å². The lowest BCUT2D eigenvalue weighted by Gasteiger charge is -2.15. The number of unbranched alkanes of at least 4 members (excludes halogenated alkanes) is 1. The lowest BCUT2D eigenvalue weighted by molar-refractivity contribution is -0.121. The molecule has 0 bridgehead atoms. The predicted molar refractivity (Wildman–Crippen MR) is 86.3 cm³/mol. The molecule has 22 heavy (non-hydrogen) atoms. The summed E-state index contributed by atoms with van der Waals surface area (Å²) in [4.78, 5) is 23.7. The van der Waals surface area contributed by atoms with Crippen LogP contribution in [0.1, 0.15) is 62.7 Å². The highest BCUT2D eigenvalue weighted by atomic mass is 19.1. The van der Waals surface area contributed by atoms with Crippen molar-refractivity contribution in [2.45, 2.75) is 52.4 Å². The summed E-state index contributed by atoms with van der Waals surface area (Å²) in [6, 6.07) is 5.42. The second-order valence-corrected chi connectivity index (χ2v) is 5.65. The maximum Gasteiger partial charge on any atom is 0.220 e. The van der Waals surface area contributed by atoms with Crippen LogP contribution in [0.5, 0.6) is 0 Å². The van der Waals surface area contributed by atoms with Gasteiger partial charge in [0.1, 0.15) is 5.82 Å². The molecule has 0 aliphatic rings. The number of hydrogen-bond acceptors (Lipinski definition) is 2. The van der Waals surface area contributed by atoms with Crippen LogP contribution in [0.2, 0.25) is 0 Å². The Labute approximate surface area is 132 Å². The van der Waals surface area contributed by atoms with Crippen molar-refractivity contribution in [1.82, 2.24) is 5.32 Å². The van der Waals surface area contributed by atoms with Gasteiger partial charge in [0.15, 0.2) is 5.78 Å². The fourth-order valence-corrected chi connectivity index (χ4v) is 2.30. The van der Waals surface area contributed by atoms with E-state index in [9.17, 15) is 14.0 Å². The molecule has 1 aromatic carbocycles. The molecule has 1 N–H and O–H groups in total. The van der Waals surface area contributed by atoms with E-state index in [0.717, 1.165) is 19.3 Å². The van der Waals surface area contributed by atoms with Gasteiger partial charge in [-0.25, -0.2) is 4.39 Å². The third-order valence-electron chi connectivity index (χ3n) is 3.88. The summed E-state index contributed by atoms with van der Waals surface area (Å²) in [5.74, 6) is -0.0812. The van der Waals surface area contributed by atoms with Crippen LogP contribution < -0.4 is 5.32 Å².